The van der Waals surface area contributed by atoms with Crippen LogP contribution < -0.4 is 46.1 Å². The second-order valence-electron chi connectivity index (χ2n) is 15.3. The molecule has 4 aliphatic heterocycles. The molecule has 2 aromatic rings. The molecular weight excluding hydrogens is 751 g/mol. The van der Waals surface area contributed by atoms with E-state index in [0.29, 0.717) is 35.1 Å². The third-order valence-corrected chi connectivity index (χ3v) is 10.2. The molecule has 16 nitrogen and oxygen atoms in total. The van der Waals surface area contributed by atoms with Crippen LogP contribution in [0.2, 0.25) is 0 Å². The second kappa shape index (κ2) is 17.7. The van der Waals surface area contributed by atoms with Crippen LogP contribution in [0.25, 0.3) is 11.1 Å². The third kappa shape index (κ3) is 9.31. The number of hydrogen-bond donors (Lipinski definition) is 4. The van der Waals surface area contributed by atoms with Crippen LogP contribution >= 0.6 is 0 Å². The predicted octanol–water partition coefficient (Wildman–Crippen LogP) is -3.08. The van der Waals surface area contributed by atoms with E-state index in [1.54, 1.807) is 76.2 Å². The molecule has 298 valence electrons. The van der Waals surface area contributed by atoms with Gasteiger partial charge in [-0.05, 0) is 80.9 Å². The molecule has 0 aliphatic carbocycles. The Morgan fingerprint density at radius 1 is 0.737 bits per heavy atom. The molecule has 0 radical (unpaired) electrons. The number of carboxylic acids is 1. The summed E-state index contributed by atoms with van der Waals surface area (Å²) in [5, 5.41) is 31.2. The first kappa shape index (κ1) is 44.8. The van der Waals surface area contributed by atoms with E-state index in [1.807, 2.05) is 0 Å². The number of nitrogens with zero attached hydrogens (tertiary/aromatic N) is 2. The van der Waals surface area contributed by atoms with E-state index in [1.165, 1.54) is 16.7 Å². The van der Waals surface area contributed by atoms with E-state index < -0.39 is 71.9 Å². The van der Waals surface area contributed by atoms with E-state index >= 15 is 0 Å². The summed E-state index contributed by atoms with van der Waals surface area (Å²) >= 11 is 0. The number of primary amides is 2. The number of fused-ring (bicyclic) bond motifs is 2. The van der Waals surface area contributed by atoms with E-state index in [0.717, 1.165) is 11.1 Å². The topological polar surface area (TPSA) is 260 Å². The molecule has 4 heterocycles. The van der Waals surface area contributed by atoms with Crippen molar-refractivity contribution in [1.29, 1.82) is 0 Å². The Hall–Kier alpha value is -4.87. The van der Waals surface area contributed by atoms with Gasteiger partial charge in [-0.15, -0.1) is 0 Å². The number of hydrogen-bond acceptors (Lipinski definition) is 12. The summed E-state index contributed by atoms with van der Waals surface area (Å²) in [5.74, 6) is -5.58. The van der Waals surface area contributed by atoms with Crippen LogP contribution in [0.5, 0.6) is 0 Å². The van der Waals surface area contributed by atoms with Crippen LogP contribution in [0.3, 0.4) is 0 Å². The zero-order valence-corrected chi connectivity index (χ0v) is 34.6. The van der Waals surface area contributed by atoms with Crippen molar-refractivity contribution in [1.82, 2.24) is 9.80 Å². The quantitative estimate of drug-likeness (QED) is 0.0722. The van der Waals surface area contributed by atoms with Crippen LogP contribution in [0, 0.1) is 17.3 Å². The van der Waals surface area contributed by atoms with Crippen molar-refractivity contribution in [2.75, 3.05) is 6.79 Å². The second-order valence-corrected chi connectivity index (χ2v) is 15.3. The molecule has 0 aromatic heterocycles. The van der Waals surface area contributed by atoms with Gasteiger partial charge in [-0.2, -0.15) is 0 Å². The summed E-state index contributed by atoms with van der Waals surface area (Å²) in [4.78, 5) is 85.8. The van der Waals surface area contributed by atoms with Crippen LogP contribution in [0.15, 0.2) is 59.9 Å². The maximum atomic E-state index is 12.9. The Kier molecular flexibility index (Phi) is 13.9. The van der Waals surface area contributed by atoms with Gasteiger partial charge in [-0.25, -0.2) is 4.79 Å². The number of aliphatic hydroxyl groups excluding tert-OH is 2. The van der Waals surface area contributed by atoms with E-state index in [2.05, 4.69) is 0 Å². The summed E-state index contributed by atoms with van der Waals surface area (Å²) < 4.78 is 10.2. The number of aliphatic hydroxyl groups is 2. The van der Waals surface area contributed by atoms with Crippen molar-refractivity contribution >= 4 is 52.7 Å². The predicted molar refractivity (Wildman–Crippen MR) is 195 cm³/mol. The molecule has 0 bridgehead atoms. The number of esters is 2. The standard InChI is InChI=1S/C23H28N2O7.C17H18N2O5.Na/c1-12(26)18-16-10-15(14-7-5-13(6-8-14)9-17(24)27)19(25(16)20(18)28)21(29)31-11-32-22(30)23(2,3)4;1-8(20)14-12-7-11(15(17(23)24)19(12)16(14)22)10-4-2-9(3-5-10)6-13(18)21;/h5-8,12,16,18,26H,9-11H2,1-4H3,(H2,24,27);2-5,8,12,14,20H,6-7H2,1H3,(H2,18,21)(H,23,24);/q;;+1/p-1/t12-,16-,18-;8-,12-,14-;/m11./s1. The normalized spacial score (nSPS) is 21.8. The Morgan fingerprint density at radius 3 is 1.47 bits per heavy atom. The number of ether oxygens (including phenoxy) is 2. The van der Waals surface area contributed by atoms with Crippen molar-refractivity contribution in [3.8, 4) is 0 Å². The van der Waals surface area contributed by atoms with E-state index in [9.17, 15) is 48.9 Å². The van der Waals surface area contributed by atoms with Crippen molar-refractivity contribution in [2.45, 2.75) is 84.6 Å². The SMILES string of the molecule is C[C@@H](O)[C@H]1C(=O)N2C(C(=O)OCOC(=O)C(C)(C)C)=C(c3ccc(CC(N)=O)cc3)C[C@H]12.C[C@@H](O)[C@H]1C(=O)N2C(C(=O)[O-])=C(c3ccc(CC(N)=O)cc3)C[C@H]12.[Na+]. The minimum absolute atomic E-state index is 0. The van der Waals surface area contributed by atoms with E-state index in [4.69, 9.17) is 20.9 Å². The van der Waals surface area contributed by atoms with Crippen molar-refractivity contribution in [3.05, 3.63) is 82.2 Å². The number of carbonyl (C=O) groups is 7. The fraction of sp³-hybridized carbons (Fsp3) is 0.425. The minimum Gasteiger partial charge on any atom is -0.543 e. The van der Waals surface area contributed by atoms with Gasteiger partial charge in [-0.1, -0.05) is 48.5 Å². The fourth-order valence-corrected chi connectivity index (χ4v) is 7.50. The van der Waals surface area contributed by atoms with Gasteiger partial charge >= 0.3 is 41.5 Å². The number of amides is 4. The monoisotopic (exact) mass is 796 g/mol. The van der Waals surface area contributed by atoms with Gasteiger partial charge in [0, 0.05) is 0 Å². The fourth-order valence-electron chi connectivity index (χ4n) is 7.50. The molecular formula is C40H45N4NaO12. The summed E-state index contributed by atoms with van der Waals surface area (Å²) in [6.07, 6.45) is -0.790. The number of aliphatic carboxylic acids is 1. The summed E-state index contributed by atoms with van der Waals surface area (Å²) in [7, 11) is 0. The number of β-lactam (4-membered cyclic amide) rings is 2. The number of rotatable bonds is 12. The molecule has 57 heavy (non-hydrogen) atoms. The van der Waals surface area contributed by atoms with Gasteiger partial charge in [0.15, 0.2) is 0 Å². The average Bonchev–Trinajstić information content (AvgIpc) is 3.62. The summed E-state index contributed by atoms with van der Waals surface area (Å²) in [6.45, 7) is 7.52. The molecule has 4 amide bonds. The Morgan fingerprint density at radius 2 is 1.12 bits per heavy atom. The summed E-state index contributed by atoms with van der Waals surface area (Å²) in [6, 6.07) is 13.0. The first-order valence-electron chi connectivity index (χ1n) is 18.0. The van der Waals surface area contributed by atoms with Gasteiger partial charge in [0.2, 0.25) is 30.4 Å². The molecule has 6 rings (SSSR count). The zero-order chi connectivity index (χ0) is 41.4. The molecule has 17 heteroatoms. The van der Waals surface area contributed by atoms with Crippen LogP contribution in [0.4, 0.5) is 0 Å². The van der Waals surface area contributed by atoms with Crippen LogP contribution in [0.1, 0.15) is 69.7 Å². The molecule has 0 unspecified atom stereocenters. The summed E-state index contributed by atoms with van der Waals surface area (Å²) in [5.41, 5.74) is 13.4. The smallest absolute Gasteiger partial charge is 0.543 e. The van der Waals surface area contributed by atoms with Gasteiger partial charge in [0.05, 0.1) is 66.1 Å². The third-order valence-electron chi connectivity index (χ3n) is 10.2. The molecule has 6 atom stereocenters. The number of benzene rings is 2. The van der Waals surface area contributed by atoms with Gasteiger partial charge in [0.1, 0.15) is 5.70 Å². The van der Waals surface area contributed by atoms with Crippen molar-refractivity contribution < 1.29 is 87.9 Å². The van der Waals surface area contributed by atoms with Gasteiger partial charge in [-0.3, -0.25) is 24.0 Å². The largest absolute Gasteiger partial charge is 1.00 e. The minimum atomic E-state index is -1.41. The number of nitrogens with two attached hydrogens (primary N) is 2. The molecule has 2 fully saturated rings. The maximum Gasteiger partial charge on any atom is 1.00 e. The van der Waals surface area contributed by atoms with Crippen molar-refractivity contribution in [2.24, 2.45) is 28.7 Å². The molecule has 0 saturated carbocycles. The Labute approximate surface area is 351 Å². The van der Waals surface area contributed by atoms with Gasteiger partial charge < -0.3 is 50.9 Å². The molecule has 2 saturated heterocycles. The number of carbonyl (C=O) groups excluding carboxylic acids is 7. The first-order valence-corrected chi connectivity index (χ1v) is 18.0. The zero-order valence-electron chi connectivity index (χ0n) is 32.6. The van der Waals surface area contributed by atoms with Crippen molar-refractivity contribution in [3.63, 3.8) is 0 Å². The molecule has 0 spiro atoms. The molecule has 4 aliphatic rings. The van der Waals surface area contributed by atoms with Crippen LogP contribution in [-0.4, -0.2) is 92.6 Å². The number of carboxylic acid groups (broad SMARTS) is 1. The van der Waals surface area contributed by atoms with E-state index in [-0.39, 0.29) is 71.8 Å². The Balaban J connectivity index is 0.000000258. The first-order chi connectivity index (χ1) is 26.2. The van der Waals surface area contributed by atoms with Crippen LogP contribution in [-0.2, 0) is 55.9 Å². The average molecular weight is 797 g/mol. The Bertz CT molecular complexity index is 2020. The molecule has 6 N–H and O–H groups in total. The maximum absolute atomic E-state index is 12.9. The van der Waals surface area contributed by atoms with Gasteiger partial charge in [0.25, 0.3) is 0 Å². The molecule has 2 aromatic carbocycles.